The van der Waals surface area contributed by atoms with E-state index in [0.29, 0.717) is 4.90 Å². The number of rotatable bonds is 7. The van der Waals surface area contributed by atoms with Crippen LogP contribution in [0.15, 0.2) is 77.7 Å². The lowest BCUT2D eigenvalue weighted by Crippen LogP contribution is -2.47. The van der Waals surface area contributed by atoms with Gasteiger partial charge in [0.1, 0.15) is 5.75 Å². The summed E-state index contributed by atoms with van der Waals surface area (Å²) < 4.78 is 34.5. The molecular formula is C27H32N2O3S. The Labute approximate surface area is 197 Å². The normalized spacial score (nSPS) is 15.4. The zero-order valence-corrected chi connectivity index (χ0v) is 20.4. The highest BCUT2D eigenvalue weighted by molar-refractivity contribution is 7.92. The highest BCUT2D eigenvalue weighted by Gasteiger charge is 2.34. The average Bonchev–Trinajstić information content (AvgIpc) is 2.82. The van der Waals surface area contributed by atoms with Crippen molar-refractivity contribution in [3.8, 4) is 5.75 Å². The number of ether oxygens (including phenoxy) is 1. The molecule has 0 saturated carbocycles. The predicted molar refractivity (Wildman–Crippen MR) is 133 cm³/mol. The highest BCUT2D eigenvalue weighted by atomic mass is 32.2. The Bertz CT molecular complexity index is 1170. The Balaban J connectivity index is 1.55. The van der Waals surface area contributed by atoms with Gasteiger partial charge < -0.3 is 4.74 Å². The van der Waals surface area contributed by atoms with Crippen molar-refractivity contribution in [2.24, 2.45) is 0 Å². The summed E-state index contributed by atoms with van der Waals surface area (Å²) in [6.07, 6.45) is 1.57. The Hall–Kier alpha value is -2.83. The van der Waals surface area contributed by atoms with Crippen molar-refractivity contribution in [2.45, 2.75) is 44.2 Å². The van der Waals surface area contributed by atoms with E-state index in [9.17, 15) is 8.42 Å². The van der Waals surface area contributed by atoms with Crippen molar-refractivity contribution < 1.29 is 13.2 Å². The Morgan fingerprint density at radius 3 is 2.18 bits per heavy atom. The van der Waals surface area contributed by atoms with Gasteiger partial charge in [-0.05, 0) is 74.2 Å². The molecule has 0 atom stereocenters. The van der Waals surface area contributed by atoms with Crippen molar-refractivity contribution in [2.75, 3.05) is 24.5 Å². The quantitative estimate of drug-likeness (QED) is 0.484. The smallest absolute Gasteiger partial charge is 0.264 e. The topological polar surface area (TPSA) is 49.9 Å². The van der Waals surface area contributed by atoms with E-state index in [0.717, 1.165) is 55.0 Å². The van der Waals surface area contributed by atoms with E-state index >= 15 is 0 Å². The third-order valence-corrected chi connectivity index (χ3v) is 8.17. The molecule has 3 aromatic rings. The van der Waals surface area contributed by atoms with Crippen LogP contribution in [-0.2, 0) is 16.6 Å². The van der Waals surface area contributed by atoms with E-state index in [2.05, 4.69) is 17.0 Å². The van der Waals surface area contributed by atoms with Crippen LogP contribution >= 0.6 is 0 Å². The Morgan fingerprint density at radius 1 is 0.909 bits per heavy atom. The van der Waals surface area contributed by atoms with Crippen LogP contribution in [0.4, 0.5) is 5.69 Å². The van der Waals surface area contributed by atoms with E-state index in [1.807, 2.05) is 62.4 Å². The van der Waals surface area contributed by atoms with Crippen molar-refractivity contribution in [1.82, 2.24) is 4.90 Å². The zero-order valence-electron chi connectivity index (χ0n) is 19.6. The van der Waals surface area contributed by atoms with E-state index in [-0.39, 0.29) is 6.04 Å². The first-order valence-corrected chi connectivity index (χ1v) is 12.8. The first kappa shape index (κ1) is 23.3. The first-order valence-electron chi connectivity index (χ1n) is 11.4. The molecule has 1 saturated heterocycles. The van der Waals surface area contributed by atoms with Gasteiger partial charge in [-0.25, -0.2) is 8.42 Å². The number of benzene rings is 3. The minimum Gasteiger partial charge on any atom is -0.497 e. The number of anilines is 1. The fourth-order valence-electron chi connectivity index (χ4n) is 4.43. The van der Waals surface area contributed by atoms with Crippen molar-refractivity contribution in [1.29, 1.82) is 0 Å². The van der Waals surface area contributed by atoms with Crippen LogP contribution in [0.25, 0.3) is 0 Å². The van der Waals surface area contributed by atoms with Gasteiger partial charge in [0.15, 0.2) is 0 Å². The number of sulfonamides is 1. The van der Waals surface area contributed by atoms with Gasteiger partial charge in [0.25, 0.3) is 10.0 Å². The minimum atomic E-state index is -3.67. The second-order valence-corrected chi connectivity index (χ2v) is 10.6. The molecule has 1 aliphatic rings. The average molecular weight is 465 g/mol. The number of hydrogen-bond acceptors (Lipinski definition) is 4. The number of hydrogen-bond donors (Lipinski definition) is 0. The van der Waals surface area contributed by atoms with Crippen LogP contribution in [0.5, 0.6) is 5.75 Å². The van der Waals surface area contributed by atoms with E-state index in [1.54, 1.807) is 23.5 Å². The van der Waals surface area contributed by atoms with Crippen molar-refractivity contribution in [3.05, 3.63) is 89.5 Å². The summed E-state index contributed by atoms with van der Waals surface area (Å²) in [5.74, 6) is 0.854. The van der Waals surface area contributed by atoms with Crippen molar-refractivity contribution in [3.63, 3.8) is 0 Å². The zero-order chi connectivity index (χ0) is 23.4. The number of nitrogens with zero attached hydrogens (tertiary/aromatic N) is 2. The number of piperidine rings is 1. The summed E-state index contributed by atoms with van der Waals surface area (Å²) in [4.78, 5) is 2.74. The monoisotopic (exact) mass is 464 g/mol. The van der Waals surface area contributed by atoms with Crippen LogP contribution in [0.2, 0.25) is 0 Å². The fourth-order valence-corrected chi connectivity index (χ4v) is 6.24. The van der Waals surface area contributed by atoms with E-state index in [4.69, 9.17) is 4.74 Å². The fraction of sp³-hybridized carbons (Fsp3) is 0.333. The number of methoxy groups -OCH3 is 1. The highest BCUT2D eigenvalue weighted by Crippen LogP contribution is 2.31. The third kappa shape index (κ3) is 5.40. The number of likely N-dealkylation sites (tertiary alicyclic amines) is 1. The summed E-state index contributed by atoms with van der Waals surface area (Å²) in [6.45, 7) is 6.49. The lowest BCUT2D eigenvalue weighted by molar-refractivity contribution is 0.206. The molecule has 33 heavy (non-hydrogen) atoms. The molecule has 0 bridgehead atoms. The third-order valence-electron chi connectivity index (χ3n) is 6.29. The second-order valence-electron chi connectivity index (χ2n) is 8.81. The first-order chi connectivity index (χ1) is 15.9. The van der Waals surface area contributed by atoms with Crippen LogP contribution in [0.3, 0.4) is 0 Å². The van der Waals surface area contributed by atoms with E-state index in [1.165, 1.54) is 5.56 Å². The Kier molecular flexibility index (Phi) is 7.05. The molecule has 0 N–H and O–H groups in total. The molecule has 1 fully saturated rings. The lowest BCUT2D eigenvalue weighted by Gasteiger charge is -2.39. The molecule has 1 heterocycles. The SMILES string of the molecule is COc1ccc(CN2CCC(N(c3ccc(C)cc3)S(=O)(=O)c3cccc(C)c3)CC2)cc1. The van der Waals surface area contributed by atoms with Crippen LogP contribution in [-0.4, -0.2) is 39.6 Å². The standard InChI is InChI=1S/C27H32N2O3S/c1-21-7-11-24(12-8-21)29(33(30,31)27-6-4-5-22(2)19-27)25-15-17-28(18-16-25)20-23-9-13-26(32-3)14-10-23/h4-14,19,25H,15-18,20H2,1-3H3. The molecule has 0 aromatic heterocycles. The lowest BCUT2D eigenvalue weighted by atomic mass is 10.0. The molecule has 0 radical (unpaired) electrons. The summed E-state index contributed by atoms with van der Waals surface area (Å²) >= 11 is 0. The summed E-state index contributed by atoms with van der Waals surface area (Å²) in [6, 6.07) is 23.1. The van der Waals surface area contributed by atoms with Gasteiger partial charge in [-0.2, -0.15) is 0 Å². The van der Waals surface area contributed by atoms with Gasteiger partial charge in [-0.1, -0.05) is 42.0 Å². The van der Waals surface area contributed by atoms with Gasteiger partial charge in [0.2, 0.25) is 0 Å². The molecule has 6 heteroatoms. The second kappa shape index (κ2) is 9.98. The van der Waals surface area contributed by atoms with Gasteiger partial charge >= 0.3 is 0 Å². The molecule has 0 unspecified atom stereocenters. The molecule has 0 amide bonds. The van der Waals surface area contributed by atoms with Crippen molar-refractivity contribution >= 4 is 15.7 Å². The molecule has 174 valence electrons. The largest absolute Gasteiger partial charge is 0.497 e. The maximum atomic E-state index is 13.8. The summed E-state index contributed by atoms with van der Waals surface area (Å²) in [5, 5.41) is 0. The summed E-state index contributed by atoms with van der Waals surface area (Å²) in [5.41, 5.74) is 4.02. The van der Waals surface area contributed by atoms with Crippen LogP contribution in [0, 0.1) is 13.8 Å². The van der Waals surface area contributed by atoms with E-state index < -0.39 is 10.0 Å². The molecule has 1 aliphatic heterocycles. The molecule has 4 rings (SSSR count). The van der Waals surface area contributed by atoms with Crippen LogP contribution < -0.4 is 9.04 Å². The molecule has 5 nitrogen and oxygen atoms in total. The molecule has 0 spiro atoms. The number of aryl methyl sites for hydroxylation is 2. The van der Waals surface area contributed by atoms with Gasteiger partial charge in [-0.3, -0.25) is 9.21 Å². The van der Waals surface area contributed by atoms with Gasteiger partial charge in [-0.15, -0.1) is 0 Å². The molecular weight excluding hydrogens is 432 g/mol. The summed E-state index contributed by atoms with van der Waals surface area (Å²) in [7, 11) is -2.00. The maximum Gasteiger partial charge on any atom is 0.264 e. The van der Waals surface area contributed by atoms with Gasteiger partial charge in [0.05, 0.1) is 17.7 Å². The van der Waals surface area contributed by atoms with Crippen LogP contribution in [0.1, 0.15) is 29.5 Å². The maximum absolute atomic E-state index is 13.8. The molecule has 3 aromatic carbocycles. The Morgan fingerprint density at radius 2 is 1.58 bits per heavy atom. The minimum absolute atomic E-state index is 0.0784. The molecule has 0 aliphatic carbocycles. The van der Waals surface area contributed by atoms with Gasteiger partial charge in [0, 0.05) is 25.7 Å². The predicted octanol–water partition coefficient (Wildman–Crippen LogP) is 5.17.